The van der Waals surface area contributed by atoms with Crippen LogP contribution in [0.4, 0.5) is 0 Å². The minimum Gasteiger partial charge on any atom is -0.462 e. The average molecular weight is 1140 g/mol. The number of phosphoric ester groups is 1. The first-order chi connectivity index (χ1) is 39.2. The molecule has 0 rings (SSSR count). The fourth-order valence-electron chi connectivity index (χ4n) is 7.88. The second kappa shape index (κ2) is 60.7. The molecule has 0 amide bonds. The molecule has 0 aliphatic carbocycles. The van der Waals surface area contributed by atoms with E-state index >= 15 is 0 Å². The van der Waals surface area contributed by atoms with Crippen molar-refractivity contribution in [3.63, 3.8) is 0 Å². The molecule has 0 aromatic heterocycles. The lowest BCUT2D eigenvalue weighted by Crippen LogP contribution is -2.30. The number of rotatable bonds is 56. The molecule has 0 fully saturated rings. The molecule has 0 bridgehead atoms. The minimum absolute atomic E-state index is 0.138. The van der Waals surface area contributed by atoms with Gasteiger partial charge in [-0.05, 0) is 128 Å². The van der Waals surface area contributed by atoms with E-state index < -0.39 is 57.8 Å². The largest absolute Gasteiger partial charge is 0.472 e. The van der Waals surface area contributed by atoms with Crippen molar-refractivity contribution in [3.05, 3.63) is 134 Å². The molecular formula is C68H111O11P. The molecule has 0 aliphatic heterocycles. The zero-order chi connectivity index (χ0) is 58.3. The van der Waals surface area contributed by atoms with Crippen LogP contribution in [-0.2, 0) is 42.2 Å². The van der Waals surface area contributed by atoms with Crippen LogP contribution in [0.5, 0.6) is 0 Å². The van der Waals surface area contributed by atoms with E-state index in [1.165, 1.54) is 51.4 Å². The Morgan fingerprint density at radius 3 is 1.04 bits per heavy atom. The van der Waals surface area contributed by atoms with Gasteiger partial charge in [0, 0.05) is 19.3 Å². The van der Waals surface area contributed by atoms with Gasteiger partial charge < -0.3 is 24.2 Å². The van der Waals surface area contributed by atoms with Gasteiger partial charge in [-0.15, -0.1) is 0 Å². The standard InChI is InChI=1S/C68H111O11P/c1-4-7-10-13-16-19-22-25-28-31-32-35-38-41-44-47-50-53-56-59-68(72)79-65(61-75-66(70)57-54-51-48-45-42-39-36-33-29-26-23-20-17-14-11-8-5-2)63-77-80(73,74)76-62-64(60-69)78-67(71)58-55-52-49-46-43-40-37-34-30-27-24-21-18-15-12-9-6-3/h8-9,11-12,16-21,25-30,36-37,39-40,45,48,64-65,69H,4-7,10,13-15,22-24,31-35,38,41-44,46-47,49-63H2,1-3H3,(H,73,74)/b11-8-,12-9-,19-16-,20-17-,21-18-,28-25-,29-26-,30-27-,39-36-,40-37-,48-45-. The van der Waals surface area contributed by atoms with Gasteiger partial charge in [-0.25, -0.2) is 4.57 Å². The summed E-state index contributed by atoms with van der Waals surface area (Å²) in [7, 11) is -4.78. The van der Waals surface area contributed by atoms with E-state index in [2.05, 4.69) is 148 Å². The van der Waals surface area contributed by atoms with Crippen LogP contribution in [-0.4, -0.2) is 66.5 Å². The summed E-state index contributed by atoms with van der Waals surface area (Å²) in [6, 6.07) is 0. The Bertz CT molecular complexity index is 1850. The number of hydrogen-bond donors (Lipinski definition) is 2. The summed E-state index contributed by atoms with van der Waals surface area (Å²) in [6.07, 6.45) is 76.9. The van der Waals surface area contributed by atoms with Crippen LogP contribution in [0.2, 0.25) is 0 Å². The maximum absolute atomic E-state index is 12.9. The molecule has 0 radical (unpaired) electrons. The molecule has 2 N–H and O–H groups in total. The lowest BCUT2D eigenvalue weighted by molar-refractivity contribution is -0.161. The van der Waals surface area contributed by atoms with Gasteiger partial charge in [0.15, 0.2) is 6.10 Å². The topological polar surface area (TPSA) is 155 Å². The van der Waals surface area contributed by atoms with Crippen LogP contribution in [0, 0.1) is 0 Å². The van der Waals surface area contributed by atoms with Crippen LogP contribution in [0.25, 0.3) is 0 Å². The molecule has 3 atom stereocenters. The van der Waals surface area contributed by atoms with Gasteiger partial charge >= 0.3 is 25.7 Å². The number of ether oxygens (including phenoxy) is 3. The average Bonchev–Trinajstić information content (AvgIpc) is 3.45. The SMILES string of the molecule is CC/C=C\C/C=C\C/C=C\C/C=C\C/C=C\CCCC(=O)OCC(COP(=O)(O)OCC(CO)OC(=O)CCCCCC/C=C\C/C=C\C/C=C\C/C=C\CC)OC(=O)CCCCCCCCCCC/C=C\C/C=C\CCCCC. The van der Waals surface area contributed by atoms with Crippen molar-refractivity contribution in [3.8, 4) is 0 Å². The van der Waals surface area contributed by atoms with Crippen LogP contribution in [0.15, 0.2) is 134 Å². The normalized spacial score (nSPS) is 14.2. The summed E-state index contributed by atoms with van der Waals surface area (Å²) in [5.41, 5.74) is 0. The molecule has 0 aromatic rings. The van der Waals surface area contributed by atoms with E-state index in [0.717, 1.165) is 122 Å². The maximum atomic E-state index is 12.9. The Balaban J connectivity index is 4.83. The zero-order valence-corrected chi connectivity index (χ0v) is 51.1. The Kier molecular flexibility index (Phi) is 57.4. The third kappa shape index (κ3) is 58.3. The fraction of sp³-hybridized carbons (Fsp3) is 0.632. The third-order valence-electron chi connectivity index (χ3n) is 12.5. The highest BCUT2D eigenvalue weighted by atomic mass is 31.2. The molecule has 0 saturated heterocycles. The predicted octanol–water partition coefficient (Wildman–Crippen LogP) is 18.9. The lowest BCUT2D eigenvalue weighted by Gasteiger charge is -2.21. The van der Waals surface area contributed by atoms with Crippen LogP contribution < -0.4 is 0 Å². The summed E-state index contributed by atoms with van der Waals surface area (Å²) in [6.45, 7) is 4.30. The molecule has 11 nitrogen and oxygen atoms in total. The highest BCUT2D eigenvalue weighted by Crippen LogP contribution is 2.43. The number of unbranched alkanes of at least 4 members (excludes halogenated alkanes) is 17. The number of allylic oxidation sites excluding steroid dienone is 22. The van der Waals surface area contributed by atoms with Crippen molar-refractivity contribution >= 4 is 25.7 Å². The molecular weight excluding hydrogens is 1020 g/mol. The van der Waals surface area contributed by atoms with Gasteiger partial charge in [-0.3, -0.25) is 23.4 Å². The number of phosphoric acid groups is 1. The number of carbonyl (C=O) groups excluding carboxylic acids is 3. The Morgan fingerprint density at radius 1 is 0.362 bits per heavy atom. The van der Waals surface area contributed by atoms with Gasteiger partial charge in [0.05, 0.1) is 19.8 Å². The predicted molar refractivity (Wildman–Crippen MR) is 334 cm³/mol. The summed E-state index contributed by atoms with van der Waals surface area (Å²) in [5, 5.41) is 9.84. The highest BCUT2D eigenvalue weighted by molar-refractivity contribution is 7.47. The quantitative estimate of drug-likeness (QED) is 0.0197. The number of aliphatic hydroxyl groups excluding tert-OH is 1. The van der Waals surface area contributed by atoms with Gasteiger partial charge in [0.1, 0.15) is 12.7 Å². The van der Waals surface area contributed by atoms with Gasteiger partial charge in [0.2, 0.25) is 0 Å². The number of hydrogen-bond acceptors (Lipinski definition) is 10. The number of carbonyl (C=O) groups is 3. The van der Waals surface area contributed by atoms with E-state index in [1.54, 1.807) is 0 Å². The van der Waals surface area contributed by atoms with Crippen molar-refractivity contribution in [2.24, 2.45) is 0 Å². The molecule has 454 valence electrons. The maximum Gasteiger partial charge on any atom is 0.472 e. The van der Waals surface area contributed by atoms with Crippen molar-refractivity contribution in [2.45, 2.75) is 251 Å². The second-order valence-corrected chi connectivity index (χ2v) is 21.6. The van der Waals surface area contributed by atoms with Gasteiger partial charge in [0.25, 0.3) is 0 Å². The summed E-state index contributed by atoms with van der Waals surface area (Å²) in [4.78, 5) is 48.7. The fourth-order valence-corrected chi connectivity index (χ4v) is 8.67. The Labute approximate surface area is 487 Å². The molecule has 3 unspecified atom stereocenters. The minimum atomic E-state index is -4.78. The van der Waals surface area contributed by atoms with E-state index in [4.69, 9.17) is 23.3 Å². The van der Waals surface area contributed by atoms with Crippen molar-refractivity contribution in [2.75, 3.05) is 26.4 Å². The summed E-state index contributed by atoms with van der Waals surface area (Å²) in [5.74, 6) is -1.57. The molecule has 0 heterocycles. The van der Waals surface area contributed by atoms with Crippen molar-refractivity contribution < 1.29 is 52.2 Å². The molecule has 80 heavy (non-hydrogen) atoms. The zero-order valence-electron chi connectivity index (χ0n) is 50.2. The van der Waals surface area contributed by atoms with E-state index in [9.17, 15) is 28.9 Å². The highest BCUT2D eigenvalue weighted by Gasteiger charge is 2.28. The first-order valence-electron chi connectivity index (χ1n) is 31.1. The molecule has 0 aromatic carbocycles. The van der Waals surface area contributed by atoms with Gasteiger partial charge in [-0.1, -0.05) is 225 Å². The molecule has 0 aliphatic rings. The van der Waals surface area contributed by atoms with E-state index in [1.807, 2.05) is 6.08 Å². The van der Waals surface area contributed by atoms with Crippen molar-refractivity contribution in [1.29, 1.82) is 0 Å². The monoisotopic (exact) mass is 1130 g/mol. The van der Waals surface area contributed by atoms with Crippen LogP contribution in [0.1, 0.15) is 239 Å². The second-order valence-electron chi connectivity index (χ2n) is 20.1. The Hall–Kier alpha value is -4.38. The third-order valence-corrected chi connectivity index (χ3v) is 13.5. The summed E-state index contributed by atoms with van der Waals surface area (Å²) >= 11 is 0. The van der Waals surface area contributed by atoms with Crippen LogP contribution in [0.3, 0.4) is 0 Å². The first kappa shape index (κ1) is 75.6. The number of esters is 3. The summed E-state index contributed by atoms with van der Waals surface area (Å²) < 4.78 is 39.6. The van der Waals surface area contributed by atoms with E-state index in [-0.39, 0.29) is 25.9 Å². The lowest BCUT2D eigenvalue weighted by atomic mass is 10.1. The van der Waals surface area contributed by atoms with E-state index in [0.29, 0.717) is 25.7 Å². The molecule has 12 heteroatoms. The van der Waals surface area contributed by atoms with Crippen molar-refractivity contribution in [1.82, 2.24) is 0 Å². The Morgan fingerprint density at radius 2 is 0.662 bits per heavy atom. The number of aliphatic hydroxyl groups is 1. The first-order valence-corrected chi connectivity index (χ1v) is 32.6. The molecule has 0 spiro atoms. The smallest absolute Gasteiger partial charge is 0.462 e. The molecule has 0 saturated carbocycles. The van der Waals surface area contributed by atoms with Gasteiger partial charge in [-0.2, -0.15) is 0 Å². The van der Waals surface area contributed by atoms with Crippen LogP contribution >= 0.6 is 7.82 Å².